The van der Waals surface area contributed by atoms with Gasteiger partial charge in [0.05, 0.1) is 13.7 Å². The van der Waals surface area contributed by atoms with E-state index in [0.29, 0.717) is 17.1 Å². The van der Waals surface area contributed by atoms with Crippen LogP contribution in [0.5, 0.6) is 0 Å². The maximum Gasteiger partial charge on any atom is 0.407 e. The van der Waals surface area contributed by atoms with Gasteiger partial charge in [0.15, 0.2) is 0 Å². The SMILES string of the molecule is COC(=O)NC(CC(C)C)C(=O)NCC(=O)Nc1ccc(Cl)cc1. The van der Waals surface area contributed by atoms with E-state index in [4.69, 9.17) is 11.6 Å². The zero-order valence-corrected chi connectivity index (χ0v) is 14.6. The molecule has 1 unspecified atom stereocenters. The average Bonchev–Trinajstić information content (AvgIpc) is 2.53. The average molecular weight is 356 g/mol. The first-order valence-corrected chi connectivity index (χ1v) is 7.87. The van der Waals surface area contributed by atoms with Crippen molar-refractivity contribution in [3.05, 3.63) is 29.3 Å². The van der Waals surface area contributed by atoms with E-state index in [9.17, 15) is 14.4 Å². The summed E-state index contributed by atoms with van der Waals surface area (Å²) in [6.07, 6.45) is -0.263. The van der Waals surface area contributed by atoms with Crippen molar-refractivity contribution in [3.63, 3.8) is 0 Å². The molecule has 0 aliphatic carbocycles. The summed E-state index contributed by atoms with van der Waals surface area (Å²) in [7, 11) is 1.22. The van der Waals surface area contributed by atoms with Crippen LogP contribution in [0.4, 0.5) is 10.5 Å². The summed E-state index contributed by atoms with van der Waals surface area (Å²) in [6.45, 7) is 3.64. The van der Waals surface area contributed by atoms with Crippen LogP contribution in [0.15, 0.2) is 24.3 Å². The van der Waals surface area contributed by atoms with Crippen molar-refractivity contribution >= 4 is 35.2 Å². The number of carbonyl (C=O) groups is 3. The monoisotopic (exact) mass is 355 g/mol. The van der Waals surface area contributed by atoms with Gasteiger partial charge in [0.25, 0.3) is 0 Å². The smallest absolute Gasteiger partial charge is 0.407 e. The topological polar surface area (TPSA) is 96.5 Å². The number of rotatable bonds is 7. The second-order valence-corrected chi connectivity index (χ2v) is 6.03. The first-order chi connectivity index (χ1) is 11.3. The second kappa shape index (κ2) is 9.77. The molecule has 8 heteroatoms. The van der Waals surface area contributed by atoms with E-state index in [1.165, 1.54) is 7.11 Å². The molecule has 24 heavy (non-hydrogen) atoms. The molecular formula is C16H22ClN3O4. The highest BCUT2D eigenvalue weighted by Gasteiger charge is 2.22. The number of alkyl carbamates (subject to hydrolysis) is 1. The molecule has 0 aliphatic rings. The van der Waals surface area contributed by atoms with Gasteiger partial charge in [0.2, 0.25) is 11.8 Å². The molecule has 1 rings (SSSR count). The fraction of sp³-hybridized carbons (Fsp3) is 0.438. The van der Waals surface area contributed by atoms with Gasteiger partial charge in [-0.3, -0.25) is 9.59 Å². The third-order valence-corrected chi connectivity index (χ3v) is 3.30. The molecule has 0 heterocycles. The van der Waals surface area contributed by atoms with Gasteiger partial charge >= 0.3 is 6.09 Å². The summed E-state index contributed by atoms with van der Waals surface area (Å²) in [4.78, 5) is 35.3. The molecule has 0 fully saturated rings. The first-order valence-electron chi connectivity index (χ1n) is 7.49. The lowest BCUT2D eigenvalue weighted by atomic mass is 10.0. The molecular weight excluding hydrogens is 334 g/mol. The van der Waals surface area contributed by atoms with Crippen molar-refractivity contribution in [1.82, 2.24) is 10.6 Å². The van der Waals surface area contributed by atoms with Crippen LogP contribution in [-0.4, -0.2) is 37.6 Å². The molecule has 0 saturated carbocycles. The molecule has 0 spiro atoms. The number of hydrogen-bond donors (Lipinski definition) is 3. The summed E-state index contributed by atoms with van der Waals surface area (Å²) in [5, 5.41) is 8.15. The number of methoxy groups -OCH3 is 1. The molecule has 132 valence electrons. The lowest BCUT2D eigenvalue weighted by Gasteiger charge is -2.19. The minimum absolute atomic E-state index is 0.181. The molecule has 0 aromatic heterocycles. The lowest BCUT2D eigenvalue weighted by Crippen LogP contribution is -2.48. The van der Waals surface area contributed by atoms with Crippen molar-refractivity contribution in [1.29, 1.82) is 0 Å². The van der Waals surface area contributed by atoms with Crippen LogP contribution in [0.25, 0.3) is 0 Å². The summed E-state index contributed by atoms with van der Waals surface area (Å²) >= 11 is 5.77. The van der Waals surface area contributed by atoms with Gasteiger partial charge in [-0.15, -0.1) is 0 Å². The second-order valence-electron chi connectivity index (χ2n) is 5.59. The molecule has 0 bridgehead atoms. The van der Waals surface area contributed by atoms with E-state index in [2.05, 4.69) is 20.7 Å². The van der Waals surface area contributed by atoms with E-state index >= 15 is 0 Å². The highest BCUT2D eigenvalue weighted by molar-refractivity contribution is 6.30. The minimum Gasteiger partial charge on any atom is -0.453 e. The van der Waals surface area contributed by atoms with Crippen LogP contribution in [0, 0.1) is 5.92 Å². The molecule has 1 atom stereocenters. The van der Waals surface area contributed by atoms with E-state index < -0.39 is 18.0 Å². The summed E-state index contributed by atoms with van der Waals surface area (Å²) in [5.74, 6) is -0.645. The highest BCUT2D eigenvalue weighted by Crippen LogP contribution is 2.13. The van der Waals surface area contributed by atoms with Gasteiger partial charge in [-0.2, -0.15) is 0 Å². The number of carbonyl (C=O) groups excluding carboxylic acids is 3. The van der Waals surface area contributed by atoms with Gasteiger partial charge in [0.1, 0.15) is 6.04 Å². The van der Waals surface area contributed by atoms with Crippen LogP contribution < -0.4 is 16.0 Å². The predicted octanol–water partition coefficient (Wildman–Crippen LogP) is 2.17. The molecule has 0 saturated heterocycles. The fourth-order valence-electron chi connectivity index (χ4n) is 1.93. The Morgan fingerprint density at radius 1 is 1.17 bits per heavy atom. The summed E-state index contributed by atoms with van der Waals surface area (Å²) < 4.78 is 4.51. The maximum absolute atomic E-state index is 12.2. The van der Waals surface area contributed by atoms with Crippen molar-refractivity contribution in [2.75, 3.05) is 19.0 Å². The Hall–Kier alpha value is -2.28. The Balaban J connectivity index is 2.52. The Labute approximate surface area is 146 Å². The van der Waals surface area contributed by atoms with Crippen LogP contribution in [0.3, 0.4) is 0 Å². The molecule has 7 nitrogen and oxygen atoms in total. The third-order valence-electron chi connectivity index (χ3n) is 3.05. The van der Waals surface area contributed by atoms with Gasteiger partial charge in [-0.05, 0) is 36.6 Å². The van der Waals surface area contributed by atoms with Crippen LogP contribution in [0.2, 0.25) is 5.02 Å². The first kappa shape index (κ1) is 19.8. The Bertz CT molecular complexity index is 575. The van der Waals surface area contributed by atoms with Gasteiger partial charge < -0.3 is 20.7 Å². The lowest BCUT2D eigenvalue weighted by molar-refractivity contribution is -0.125. The molecule has 0 aliphatic heterocycles. The number of ether oxygens (including phenoxy) is 1. The zero-order chi connectivity index (χ0) is 18.1. The molecule has 3 amide bonds. The number of halogens is 1. The number of hydrogen-bond acceptors (Lipinski definition) is 4. The van der Waals surface area contributed by atoms with E-state index in [1.54, 1.807) is 24.3 Å². The third kappa shape index (κ3) is 7.32. The largest absolute Gasteiger partial charge is 0.453 e. The Kier molecular flexibility index (Phi) is 8.05. The minimum atomic E-state index is -0.763. The number of nitrogens with one attached hydrogen (secondary N) is 3. The molecule has 1 aromatic carbocycles. The van der Waals surface area contributed by atoms with Gasteiger partial charge in [0, 0.05) is 10.7 Å². The summed E-state index contributed by atoms with van der Waals surface area (Å²) in [6, 6.07) is 5.84. The molecule has 0 radical (unpaired) electrons. The normalized spacial score (nSPS) is 11.5. The highest BCUT2D eigenvalue weighted by atomic mass is 35.5. The number of benzene rings is 1. The standard InChI is InChI=1S/C16H22ClN3O4/c1-10(2)8-13(20-16(23)24-3)15(22)18-9-14(21)19-12-6-4-11(17)5-7-12/h4-7,10,13H,8-9H2,1-3H3,(H,18,22)(H,19,21)(H,20,23). The predicted molar refractivity (Wildman–Crippen MR) is 91.9 cm³/mol. The van der Waals surface area contributed by atoms with Crippen molar-refractivity contribution in [2.24, 2.45) is 5.92 Å². The van der Waals surface area contributed by atoms with Crippen LogP contribution >= 0.6 is 11.6 Å². The van der Waals surface area contributed by atoms with E-state index in [-0.39, 0.29) is 18.4 Å². The number of amides is 3. The Morgan fingerprint density at radius 3 is 2.33 bits per heavy atom. The van der Waals surface area contributed by atoms with Crippen molar-refractivity contribution in [3.8, 4) is 0 Å². The fourth-order valence-corrected chi connectivity index (χ4v) is 2.06. The maximum atomic E-state index is 12.2. The zero-order valence-electron chi connectivity index (χ0n) is 13.9. The van der Waals surface area contributed by atoms with E-state index in [0.717, 1.165) is 0 Å². The van der Waals surface area contributed by atoms with Crippen molar-refractivity contribution in [2.45, 2.75) is 26.3 Å². The van der Waals surface area contributed by atoms with Crippen molar-refractivity contribution < 1.29 is 19.1 Å². The van der Waals surface area contributed by atoms with Crippen LogP contribution in [0.1, 0.15) is 20.3 Å². The van der Waals surface area contributed by atoms with Gasteiger partial charge in [-0.25, -0.2) is 4.79 Å². The quantitative estimate of drug-likeness (QED) is 0.698. The molecule has 3 N–H and O–H groups in total. The summed E-state index contributed by atoms with van der Waals surface area (Å²) in [5.41, 5.74) is 0.574. The van der Waals surface area contributed by atoms with Crippen LogP contribution in [-0.2, 0) is 14.3 Å². The molecule has 1 aromatic rings. The van der Waals surface area contributed by atoms with Gasteiger partial charge in [-0.1, -0.05) is 25.4 Å². The number of anilines is 1. The Morgan fingerprint density at radius 2 is 1.79 bits per heavy atom. The van der Waals surface area contributed by atoms with E-state index in [1.807, 2.05) is 13.8 Å².